The van der Waals surface area contributed by atoms with E-state index >= 15 is 0 Å². The van der Waals surface area contributed by atoms with Gasteiger partial charge in [0, 0.05) is 58.1 Å². The molecule has 3 aliphatic heterocycles. The van der Waals surface area contributed by atoms with Crippen LogP contribution in [-0.4, -0.2) is 91.0 Å². The van der Waals surface area contributed by atoms with Crippen molar-refractivity contribution in [2.24, 2.45) is 5.92 Å². The van der Waals surface area contributed by atoms with E-state index in [9.17, 15) is 10.1 Å². The van der Waals surface area contributed by atoms with E-state index in [1.807, 2.05) is 12.1 Å². The number of amides is 1. The fourth-order valence-corrected chi connectivity index (χ4v) is 5.00. The summed E-state index contributed by atoms with van der Waals surface area (Å²) in [6.07, 6.45) is 6.04. The lowest BCUT2D eigenvalue weighted by Crippen LogP contribution is -2.54. The molecule has 3 saturated heterocycles. The Morgan fingerprint density at radius 2 is 1.86 bits per heavy atom. The highest BCUT2D eigenvalue weighted by molar-refractivity contribution is 5.79. The Hall–Kier alpha value is -2.17. The maximum atomic E-state index is 13.0. The van der Waals surface area contributed by atoms with Crippen LogP contribution in [0, 0.1) is 17.2 Å². The fourth-order valence-electron chi connectivity index (χ4n) is 5.00. The fraction of sp³-hybridized carbons (Fsp3) is 0.682. The largest absolute Gasteiger partial charge is 0.355 e. The average molecular weight is 397 g/mol. The van der Waals surface area contributed by atoms with Gasteiger partial charge in [0.05, 0.1) is 11.5 Å². The van der Waals surface area contributed by atoms with Crippen LogP contribution in [0.4, 0.5) is 5.82 Å². The molecule has 4 heterocycles. The Balaban J connectivity index is 1.32. The third-order valence-electron chi connectivity index (χ3n) is 6.80. The van der Waals surface area contributed by atoms with Crippen molar-refractivity contribution in [1.82, 2.24) is 19.7 Å². The van der Waals surface area contributed by atoms with Gasteiger partial charge >= 0.3 is 0 Å². The van der Waals surface area contributed by atoms with Gasteiger partial charge in [-0.3, -0.25) is 9.69 Å². The number of hydrogen-bond donors (Lipinski definition) is 0. The number of carbonyl (C=O) groups excluding carboxylic acids is 1. The molecular formula is C22H32N6O. The van der Waals surface area contributed by atoms with Crippen molar-refractivity contribution >= 4 is 11.7 Å². The molecule has 0 radical (unpaired) electrons. The predicted molar refractivity (Wildman–Crippen MR) is 113 cm³/mol. The zero-order chi connectivity index (χ0) is 20.2. The second-order valence-electron chi connectivity index (χ2n) is 8.67. The van der Waals surface area contributed by atoms with Crippen LogP contribution in [0.3, 0.4) is 0 Å². The molecule has 0 N–H and O–H groups in total. The highest BCUT2D eigenvalue weighted by atomic mass is 16.2. The Bertz CT molecular complexity index is 746. The van der Waals surface area contributed by atoms with Gasteiger partial charge in [-0.1, -0.05) is 0 Å². The van der Waals surface area contributed by atoms with Crippen LogP contribution in [0.15, 0.2) is 18.3 Å². The lowest BCUT2D eigenvalue weighted by molar-refractivity contribution is -0.139. The number of pyridine rings is 1. The number of anilines is 1. The first-order valence-electron chi connectivity index (χ1n) is 11.0. The summed E-state index contributed by atoms with van der Waals surface area (Å²) in [4.78, 5) is 26.6. The number of likely N-dealkylation sites (tertiary alicyclic amines) is 1. The van der Waals surface area contributed by atoms with Crippen molar-refractivity contribution in [1.29, 1.82) is 5.26 Å². The molecule has 7 heteroatoms. The summed E-state index contributed by atoms with van der Waals surface area (Å²) in [5.41, 5.74) is 0.654. The number of nitriles is 1. The van der Waals surface area contributed by atoms with Crippen molar-refractivity contribution in [3.05, 3.63) is 23.9 Å². The molecule has 29 heavy (non-hydrogen) atoms. The van der Waals surface area contributed by atoms with Gasteiger partial charge in [-0.15, -0.1) is 0 Å². The maximum absolute atomic E-state index is 13.0. The Labute approximate surface area is 173 Å². The first kappa shape index (κ1) is 20.1. The van der Waals surface area contributed by atoms with E-state index in [1.54, 1.807) is 6.20 Å². The van der Waals surface area contributed by atoms with Gasteiger partial charge in [0.15, 0.2) is 0 Å². The molecule has 0 saturated carbocycles. The van der Waals surface area contributed by atoms with Crippen LogP contribution in [0.25, 0.3) is 0 Å². The van der Waals surface area contributed by atoms with E-state index in [2.05, 4.69) is 37.7 Å². The van der Waals surface area contributed by atoms with Gasteiger partial charge in [-0.25, -0.2) is 4.98 Å². The van der Waals surface area contributed by atoms with Gasteiger partial charge in [0.2, 0.25) is 5.91 Å². The van der Waals surface area contributed by atoms with Crippen LogP contribution in [-0.2, 0) is 4.79 Å². The Morgan fingerprint density at radius 1 is 1.10 bits per heavy atom. The summed E-state index contributed by atoms with van der Waals surface area (Å²) in [7, 11) is 2.13. The molecule has 0 unspecified atom stereocenters. The summed E-state index contributed by atoms with van der Waals surface area (Å²) in [5, 5.41) is 9.34. The number of carbonyl (C=O) groups is 1. The van der Waals surface area contributed by atoms with Crippen LogP contribution in [0.5, 0.6) is 0 Å². The minimum Gasteiger partial charge on any atom is -0.355 e. The molecular weight excluding hydrogens is 364 g/mol. The van der Waals surface area contributed by atoms with Gasteiger partial charge in [0.25, 0.3) is 0 Å². The van der Waals surface area contributed by atoms with E-state index < -0.39 is 0 Å². The lowest BCUT2D eigenvalue weighted by atomic mass is 9.92. The number of likely N-dealkylation sites (N-methyl/N-ethyl adjacent to an activating group) is 1. The van der Waals surface area contributed by atoms with E-state index in [0.29, 0.717) is 17.5 Å². The Morgan fingerprint density at radius 3 is 2.59 bits per heavy atom. The highest BCUT2D eigenvalue weighted by Crippen LogP contribution is 2.27. The predicted octanol–water partition coefficient (Wildman–Crippen LogP) is 1.41. The molecule has 1 amide bonds. The number of piperazine rings is 1. The third-order valence-corrected chi connectivity index (χ3v) is 6.80. The molecule has 3 aliphatic rings. The summed E-state index contributed by atoms with van der Waals surface area (Å²) < 4.78 is 0. The molecule has 3 fully saturated rings. The molecule has 0 spiro atoms. The number of aromatic nitrogens is 1. The van der Waals surface area contributed by atoms with E-state index in [0.717, 1.165) is 83.9 Å². The number of piperidine rings is 2. The minimum absolute atomic E-state index is 0.158. The molecule has 7 nitrogen and oxygen atoms in total. The van der Waals surface area contributed by atoms with Gasteiger partial charge in [0.1, 0.15) is 11.9 Å². The molecule has 1 atom stereocenters. The lowest BCUT2D eigenvalue weighted by Gasteiger charge is -2.43. The summed E-state index contributed by atoms with van der Waals surface area (Å²) in [6.45, 7) is 7.56. The molecule has 156 valence electrons. The zero-order valence-electron chi connectivity index (χ0n) is 17.5. The van der Waals surface area contributed by atoms with E-state index in [-0.39, 0.29) is 5.92 Å². The van der Waals surface area contributed by atoms with Gasteiger partial charge in [-0.2, -0.15) is 5.26 Å². The average Bonchev–Trinajstić information content (AvgIpc) is 2.79. The molecule has 0 aromatic carbocycles. The zero-order valence-corrected chi connectivity index (χ0v) is 17.5. The van der Waals surface area contributed by atoms with Crippen molar-refractivity contribution < 1.29 is 4.79 Å². The monoisotopic (exact) mass is 396 g/mol. The van der Waals surface area contributed by atoms with Crippen LogP contribution in [0.1, 0.15) is 31.2 Å². The number of rotatable bonds is 3. The van der Waals surface area contributed by atoms with Crippen molar-refractivity contribution in [2.45, 2.75) is 31.7 Å². The molecule has 0 bridgehead atoms. The standard InChI is InChI=1S/C22H32N6O/c1-25-12-14-27(15-13-25)22(29)19-5-3-9-28(17-19)20-6-10-26(11-7-20)21-18(16-23)4-2-8-24-21/h2,4,8,19-20H,3,5-7,9-15,17H2,1H3/t19-/m0/s1. The smallest absolute Gasteiger partial charge is 0.227 e. The van der Waals surface area contributed by atoms with Crippen molar-refractivity contribution in [2.75, 3.05) is 64.3 Å². The molecule has 1 aromatic heterocycles. The second-order valence-corrected chi connectivity index (χ2v) is 8.67. The minimum atomic E-state index is 0.158. The van der Waals surface area contributed by atoms with Crippen molar-refractivity contribution in [3.63, 3.8) is 0 Å². The molecule has 1 aromatic rings. The van der Waals surface area contributed by atoms with Gasteiger partial charge in [-0.05, 0) is 51.4 Å². The first-order chi connectivity index (χ1) is 14.2. The summed E-state index contributed by atoms with van der Waals surface area (Å²) in [5.74, 6) is 1.34. The Kier molecular flexibility index (Phi) is 6.31. The molecule has 0 aliphatic carbocycles. The normalized spacial score (nSPS) is 25.0. The third kappa shape index (κ3) is 4.54. The van der Waals surface area contributed by atoms with E-state index in [1.165, 1.54) is 0 Å². The highest BCUT2D eigenvalue weighted by Gasteiger charge is 2.34. The first-order valence-corrected chi connectivity index (χ1v) is 11.0. The van der Waals surface area contributed by atoms with Crippen LogP contribution in [0.2, 0.25) is 0 Å². The van der Waals surface area contributed by atoms with E-state index in [4.69, 9.17) is 0 Å². The van der Waals surface area contributed by atoms with Gasteiger partial charge < -0.3 is 14.7 Å². The topological polar surface area (TPSA) is 66.7 Å². The van der Waals surface area contributed by atoms with Crippen LogP contribution >= 0.6 is 0 Å². The summed E-state index contributed by atoms with van der Waals surface area (Å²) >= 11 is 0. The van der Waals surface area contributed by atoms with Crippen molar-refractivity contribution in [3.8, 4) is 6.07 Å². The quantitative estimate of drug-likeness (QED) is 0.770. The SMILES string of the molecule is CN1CCN(C(=O)[C@H]2CCCN(C3CCN(c4ncccc4C#N)CC3)C2)CC1. The number of hydrogen-bond acceptors (Lipinski definition) is 6. The molecule has 4 rings (SSSR count). The summed E-state index contributed by atoms with van der Waals surface area (Å²) in [6, 6.07) is 6.45. The second kappa shape index (κ2) is 9.10. The van der Waals surface area contributed by atoms with Crippen LogP contribution < -0.4 is 4.90 Å². The maximum Gasteiger partial charge on any atom is 0.227 e. The number of nitrogens with zero attached hydrogens (tertiary/aromatic N) is 6.